The smallest absolute Gasteiger partial charge is 0.128 e. The zero-order valence-electron chi connectivity index (χ0n) is 10.5. The van der Waals surface area contributed by atoms with Crippen molar-refractivity contribution in [3.05, 3.63) is 35.4 Å². The fourth-order valence-electron chi connectivity index (χ4n) is 1.93. The van der Waals surface area contributed by atoms with Gasteiger partial charge in [-0.2, -0.15) is 0 Å². The van der Waals surface area contributed by atoms with Crippen LogP contribution < -0.4 is 14.8 Å². The number of hydrogen-bond acceptors (Lipinski definition) is 3. The van der Waals surface area contributed by atoms with E-state index >= 15 is 0 Å². The van der Waals surface area contributed by atoms with Crippen molar-refractivity contribution < 1.29 is 9.47 Å². The molecule has 1 N–H and O–H groups in total. The first kappa shape index (κ1) is 13.2. The van der Waals surface area contributed by atoms with Gasteiger partial charge in [0.25, 0.3) is 0 Å². The maximum atomic E-state index is 5.66. The third kappa shape index (κ3) is 3.18. The fraction of sp³-hybridized carbons (Fsp3) is 0.429. The minimum absolute atomic E-state index is 0.289. The summed E-state index contributed by atoms with van der Waals surface area (Å²) >= 11 is 5.66. The number of benzene rings is 1. The predicted molar refractivity (Wildman–Crippen MR) is 73.5 cm³/mol. The van der Waals surface area contributed by atoms with E-state index in [1.165, 1.54) is 5.56 Å². The molecule has 0 fully saturated rings. The molecule has 1 heterocycles. The Hall–Kier alpha value is -1.19. The molecule has 0 radical (unpaired) electrons. The monoisotopic (exact) mass is 267 g/mol. The zero-order chi connectivity index (χ0) is 13.0. The molecule has 1 atom stereocenters. The van der Waals surface area contributed by atoms with Crippen LogP contribution in [-0.4, -0.2) is 19.8 Å². The van der Waals surface area contributed by atoms with Crippen molar-refractivity contribution in [2.75, 3.05) is 19.8 Å². The molecular weight excluding hydrogens is 250 g/mol. The first-order valence-electron chi connectivity index (χ1n) is 6.17. The van der Waals surface area contributed by atoms with Crippen molar-refractivity contribution in [1.82, 2.24) is 5.32 Å². The lowest BCUT2D eigenvalue weighted by molar-refractivity contribution is 0.309. The summed E-state index contributed by atoms with van der Waals surface area (Å²) in [6.45, 7) is 7.74. The van der Waals surface area contributed by atoms with Gasteiger partial charge in [-0.05, 0) is 25.1 Å². The maximum absolute atomic E-state index is 5.66. The summed E-state index contributed by atoms with van der Waals surface area (Å²) in [7, 11) is 0. The summed E-state index contributed by atoms with van der Waals surface area (Å²) in [6, 6.07) is 6.18. The molecule has 3 nitrogen and oxygen atoms in total. The van der Waals surface area contributed by atoms with Crippen molar-refractivity contribution >= 4 is 11.6 Å². The number of hydrogen-bond donors (Lipinski definition) is 1. The lowest BCUT2D eigenvalue weighted by Crippen LogP contribution is -2.22. The fourth-order valence-corrected chi connectivity index (χ4v) is 1.98. The highest BCUT2D eigenvalue weighted by Crippen LogP contribution is 2.35. The Labute approximate surface area is 113 Å². The van der Waals surface area contributed by atoms with Gasteiger partial charge in [0.05, 0.1) is 6.04 Å². The summed E-state index contributed by atoms with van der Waals surface area (Å²) in [5.74, 6) is 1.65. The van der Waals surface area contributed by atoms with Gasteiger partial charge in [0.15, 0.2) is 0 Å². The lowest BCUT2D eigenvalue weighted by Gasteiger charge is -2.10. The summed E-state index contributed by atoms with van der Waals surface area (Å²) in [5.41, 5.74) is 1.19. The molecule has 18 heavy (non-hydrogen) atoms. The van der Waals surface area contributed by atoms with E-state index in [0.29, 0.717) is 18.2 Å². The van der Waals surface area contributed by atoms with Crippen LogP contribution in [-0.2, 0) is 0 Å². The van der Waals surface area contributed by atoms with Crippen LogP contribution in [0.1, 0.15) is 24.9 Å². The Morgan fingerprint density at radius 3 is 3.17 bits per heavy atom. The van der Waals surface area contributed by atoms with Crippen molar-refractivity contribution in [2.24, 2.45) is 0 Å². The molecule has 1 aromatic rings. The maximum Gasteiger partial charge on any atom is 0.128 e. The van der Waals surface area contributed by atoms with Crippen molar-refractivity contribution in [3.8, 4) is 11.5 Å². The highest BCUT2D eigenvalue weighted by atomic mass is 35.5. The average Bonchev–Trinajstić information content (AvgIpc) is 2.76. The van der Waals surface area contributed by atoms with Crippen molar-refractivity contribution in [1.29, 1.82) is 0 Å². The topological polar surface area (TPSA) is 30.5 Å². The second-order valence-corrected chi connectivity index (χ2v) is 4.86. The van der Waals surface area contributed by atoms with Gasteiger partial charge < -0.3 is 14.8 Å². The molecule has 98 valence electrons. The van der Waals surface area contributed by atoms with Crippen LogP contribution in [0.3, 0.4) is 0 Å². The van der Waals surface area contributed by atoms with Gasteiger partial charge in [-0.1, -0.05) is 25.1 Å². The van der Waals surface area contributed by atoms with E-state index in [9.17, 15) is 0 Å². The van der Waals surface area contributed by atoms with Gasteiger partial charge >= 0.3 is 0 Å². The number of rotatable bonds is 6. The SMILES string of the molecule is C=C(Cl)COc1ccc2c(c1)OCC2NCCC. The van der Waals surface area contributed by atoms with E-state index in [0.717, 1.165) is 24.5 Å². The Bertz CT molecular complexity index is 434. The zero-order valence-corrected chi connectivity index (χ0v) is 11.3. The van der Waals surface area contributed by atoms with Crippen LogP contribution >= 0.6 is 11.6 Å². The second kappa shape index (κ2) is 6.12. The minimum Gasteiger partial charge on any atom is -0.491 e. The van der Waals surface area contributed by atoms with Gasteiger partial charge in [0.2, 0.25) is 0 Å². The van der Waals surface area contributed by atoms with Crippen LogP contribution in [0.2, 0.25) is 0 Å². The van der Waals surface area contributed by atoms with Gasteiger partial charge in [0.1, 0.15) is 24.7 Å². The quantitative estimate of drug-likeness (QED) is 0.858. The Kier molecular flexibility index (Phi) is 4.50. The largest absolute Gasteiger partial charge is 0.491 e. The molecule has 1 aliphatic heterocycles. The van der Waals surface area contributed by atoms with Crippen LogP contribution in [0, 0.1) is 0 Å². The first-order chi connectivity index (χ1) is 8.70. The molecular formula is C14H18ClNO2. The van der Waals surface area contributed by atoms with Crippen LogP contribution in [0.25, 0.3) is 0 Å². The normalized spacial score (nSPS) is 17.1. The van der Waals surface area contributed by atoms with Crippen LogP contribution in [0.4, 0.5) is 0 Å². The van der Waals surface area contributed by atoms with Crippen LogP contribution in [0.15, 0.2) is 29.8 Å². The Morgan fingerprint density at radius 1 is 1.61 bits per heavy atom. The molecule has 1 unspecified atom stereocenters. The standard InChI is InChI=1S/C14H18ClNO2/c1-3-6-16-13-9-18-14-7-11(4-5-12(13)14)17-8-10(2)15/h4-5,7,13,16H,2-3,6,8-9H2,1H3. The molecule has 0 saturated heterocycles. The molecule has 0 bridgehead atoms. The third-order valence-corrected chi connectivity index (χ3v) is 2.91. The first-order valence-corrected chi connectivity index (χ1v) is 6.54. The second-order valence-electron chi connectivity index (χ2n) is 4.32. The predicted octanol–water partition coefficient (Wildman–Crippen LogP) is 3.25. The number of ether oxygens (including phenoxy) is 2. The van der Waals surface area contributed by atoms with E-state index in [1.807, 2.05) is 18.2 Å². The van der Waals surface area contributed by atoms with E-state index < -0.39 is 0 Å². The third-order valence-electron chi connectivity index (χ3n) is 2.80. The summed E-state index contributed by atoms with van der Waals surface area (Å²) in [5, 5.41) is 3.94. The number of nitrogens with one attached hydrogen (secondary N) is 1. The molecule has 0 spiro atoms. The van der Waals surface area contributed by atoms with Crippen molar-refractivity contribution in [2.45, 2.75) is 19.4 Å². The van der Waals surface area contributed by atoms with Gasteiger partial charge in [0, 0.05) is 16.7 Å². The molecule has 2 rings (SSSR count). The highest BCUT2D eigenvalue weighted by Gasteiger charge is 2.23. The molecule has 0 aliphatic carbocycles. The average molecular weight is 268 g/mol. The lowest BCUT2D eigenvalue weighted by atomic mass is 10.1. The van der Waals surface area contributed by atoms with E-state index in [1.54, 1.807) is 0 Å². The molecule has 1 aromatic carbocycles. The molecule has 0 amide bonds. The Morgan fingerprint density at radius 2 is 2.44 bits per heavy atom. The van der Waals surface area contributed by atoms with E-state index in [-0.39, 0.29) is 6.04 Å². The van der Waals surface area contributed by atoms with Crippen molar-refractivity contribution in [3.63, 3.8) is 0 Å². The molecule has 0 saturated carbocycles. The Balaban J connectivity index is 2.03. The summed E-state index contributed by atoms with van der Waals surface area (Å²) in [4.78, 5) is 0. The van der Waals surface area contributed by atoms with Crippen LogP contribution in [0.5, 0.6) is 11.5 Å². The molecule has 0 aromatic heterocycles. The number of fused-ring (bicyclic) bond motifs is 1. The summed E-state index contributed by atoms with van der Waals surface area (Å²) in [6.07, 6.45) is 1.12. The van der Waals surface area contributed by atoms with Gasteiger partial charge in [-0.25, -0.2) is 0 Å². The van der Waals surface area contributed by atoms with Gasteiger partial charge in [-0.15, -0.1) is 0 Å². The van der Waals surface area contributed by atoms with E-state index in [2.05, 4.69) is 18.8 Å². The number of halogens is 1. The molecule has 1 aliphatic rings. The minimum atomic E-state index is 0.289. The summed E-state index contributed by atoms with van der Waals surface area (Å²) < 4.78 is 11.1. The van der Waals surface area contributed by atoms with E-state index in [4.69, 9.17) is 21.1 Å². The molecule has 4 heteroatoms. The van der Waals surface area contributed by atoms with Gasteiger partial charge in [-0.3, -0.25) is 0 Å². The highest BCUT2D eigenvalue weighted by molar-refractivity contribution is 6.29.